The van der Waals surface area contributed by atoms with E-state index in [0.29, 0.717) is 24.6 Å². The molecule has 7 nitrogen and oxygen atoms in total. The Morgan fingerprint density at radius 2 is 1.93 bits per heavy atom. The molecule has 1 saturated heterocycles. The molecule has 7 heteroatoms. The van der Waals surface area contributed by atoms with Crippen molar-refractivity contribution in [3.8, 4) is 5.75 Å². The van der Waals surface area contributed by atoms with Crippen LogP contribution in [0.3, 0.4) is 0 Å². The third-order valence-corrected chi connectivity index (χ3v) is 4.25. The van der Waals surface area contributed by atoms with E-state index >= 15 is 0 Å². The van der Waals surface area contributed by atoms with E-state index in [2.05, 4.69) is 4.98 Å². The van der Waals surface area contributed by atoms with Crippen LogP contribution < -0.4 is 4.74 Å². The van der Waals surface area contributed by atoms with Gasteiger partial charge in [0.15, 0.2) is 0 Å². The predicted octanol–water partition coefficient (Wildman–Crippen LogP) is 2.93. The van der Waals surface area contributed by atoms with Crippen LogP contribution in [0.15, 0.2) is 48.7 Å². The minimum atomic E-state index is -0.346. The lowest BCUT2D eigenvalue weighted by Crippen LogP contribution is -2.54. The average molecular weight is 370 g/mol. The maximum Gasteiger partial charge on any atom is 0.410 e. The molecule has 1 aromatic heterocycles. The van der Waals surface area contributed by atoms with Gasteiger partial charge in [-0.1, -0.05) is 30.3 Å². The van der Waals surface area contributed by atoms with Gasteiger partial charge >= 0.3 is 12.1 Å². The number of hydrogen-bond acceptors (Lipinski definition) is 6. The Kier molecular flexibility index (Phi) is 6.25. The van der Waals surface area contributed by atoms with Crippen LogP contribution in [-0.2, 0) is 27.5 Å². The quantitative estimate of drug-likeness (QED) is 0.698. The summed E-state index contributed by atoms with van der Waals surface area (Å²) in [5.74, 6) is 0.257. The molecule has 0 saturated carbocycles. The van der Waals surface area contributed by atoms with Gasteiger partial charge in [0, 0.05) is 13.5 Å². The molecular weight excluding hydrogens is 348 g/mol. The lowest BCUT2D eigenvalue weighted by Gasteiger charge is -2.39. The number of esters is 1. The molecule has 1 fully saturated rings. The zero-order chi connectivity index (χ0) is 19.1. The third kappa shape index (κ3) is 5.44. The Morgan fingerprint density at radius 1 is 1.11 bits per heavy atom. The number of rotatable bonds is 7. The normalized spacial score (nSPS) is 15.6. The van der Waals surface area contributed by atoms with Gasteiger partial charge in [0.25, 0.3) is 0 Å². The number of carbonyl (C=O) groups excluding carboxylic acids is 2. The van der Waals surface area contributed by atoms with Crippen LogP contribution in [0.2, 0.25) is 0 Å². The molecule has 1 aromatic carbocycles. The van der Waals surface area contributed by atoms with Gasteiger partial charge in [-0.2, -0.15) is 0 Å². The van der Waals surface area contributed by atoms with Crippen molar-refractivity contribution >= 4 is 12.1 Å². The van der Waals surface area contributed by atoms with Crippen molar-refractivity contribution in [1.29, 1.82) is 0 Å². The molecule has 3 rings (SSSR count). The van der Waals surface area contributed by atoms with E-state index in [9.17, 15) is 9.59 Å². The summed E-state index contributed by atoms with van der Waals surface area (Å²) in [5, 5.41) is 0. The minimum absolute atomic E-state index is 0.00556. The molecular formula is C20H22N2O5. The first kappa shape index (κ1) is 18.7. The van der Waals surface area contributed by atoms with E-state index in [-0.39, 0.29) is 31.3 Å². The molecule has 1 amide bonds. The second kappa shape index (κ2) is 9.02. The Morgan fingerprint density at radius 3 is 2.56 bits per heavy atom. The Labute approximate surface area is 157 Å². The third-order valence-electron chi connectivity index (χ3n) is 4.25. The van der Waals surface area contributed by atoms with Gasteiger partial charge in [-0.15, -0.1) is 0 Å². The van der Waals surface area contributed by atoms with E-state index in [1.807, 2.05) is 30.3 Å². The summed E-state index contributed by atoms with van der Waals surface area (Å²) in [7, 11) is 0. The van der Waals surface area contributed by atoms with Gasteiger partial charge in [-0.05, 0) is 24.1 Å². The summed E-state index contributed by atoms with van der Waals surface area (Å²) in [6.07, 6.45) is 2.13. The molecule has 0 spiro atoms. The summed E-state index contributed by atoms with van der Waals surface area (Å²) < 4.78 is 16.0. The number of pyridine rings is 1. The number of hydrogen-bond donors (Lipinski definition) is 0. The van der Waals surface area contributed by atoms with Crippen molar-refractivity contribution in [3.63, 3.8) is 0 Å². The van der Waals surface area contributed by atoms with Crippen molar-refractivity contribution < 1.29 is 23.8 Å². The van der Waals surface area contributed by atoms with Crippen LogP contribution in [0, 0.1) is 0 Å². The fraction of sp³-hybridized carbons (Fsp3) is 0.350. The Balaban J connectivity index is 1.41. The molecule has 1 aliphatic heterocycles. The van der Waals surface area contributed by atoms with Crippen LogP contribution in [0.4, 0.5) is 4.79 Å². The van der Waals surface area contributed by atoms with Crippen molar-refractivity contribution in [1.82, 2.24) is 9.88 Å². The van der Waals surface area contributed by atoms with E-state index in [0.717, 1.165) is 12.0 Å². The standard InChI is InChI=1S/C20H22N2O5/c1-15(23)25-13-17-7-8-19(11-21-17)26-14-18-9-10-22(18)20(24)27-12-16-5-3-2-4-6-16/h2-8,11,18H,9-10,12-14H2,1H3. The first-order chi connectivity index (χ1) is 13.1. The van der Waals surface area contributed by atoms with Crippen molar-refractivity contribution in [3.05, 3.63) is 59.9 Å². The Bertz CT molecular complexity index is 764. The first-order valence-corrected chi connectivity index (χ1v) is 8.80. The van der Waals surface area contributed by atoms with Crippen molar-refractivity contribution in [2.75, 3.05) is 13.2 Å². The summed E-state index contributed by atoms with van der Waals surface area (Å²) in [6, 6.07) is 13.1. The highest BCUT2D eigenvalue weighted by molar-refractivity contribution is 5.69. The van der Waals surface area contributed by atoms with Crippen LogP contribution in [0.5, 0.6) is 5.75 Å². The van der Waals surface area contributed by atoms with Gasteiger partial charge in [-0.3, -0.25) is 9.78 Å². The van der Waals surface area contributed by atoms with Gasteiger partial charge in [0.2, 0.25) is 0 Å². The van der Waals surface area contributed by atoms with Gasteiger partial charge < -0.3 is 19.1 Å². The minimum Gasteiger partial charge on any atom is -0.490 e. The molecule has 27 heavy (non-hydrogen) atoms. The molecule has 2 heterocycles. The zero-order valence-electron chi connectivity index (χ0n) is 15.2. The highest BCUT2D eigenvalue weighted by Crippen LogP contribution is 2.21. The smallest absolute Gasteiger partial charge is 0.410 e. The van der Waals surface area contributed by atoms with Crippen molar-refractivity contribution in [2.24, 2.45) is 0 Å². The van der Waals surface area contributed by atoms with E-state index < -0.39 is 0 Å². The highest BCUT2D eigenvalue weighted by Gasteiger charge is 2.33. The van der Waals surface area contributed by atoms with Crippen LogP contribution in [0.25, 0.3) is 0 Å². The predicted molar refractivity (Wildman–Crippen MR) is 96.9 cm³/mol. The molecule has 0 aliphatic carbocycles. The zero-order valence-corrected chi connectivity index (χ0v) is 15.2. The van der Waals surface area contributed by atoms with Crippen molar-refractivity contribution in [2.45, 2.75) is 32.6 Å². The number of likely N-dealkylation sites (tertiary alicyclic amines) is 1. The maximum atomic E-state index is 12.2. The molecule has 1 unspecified atom stereocenters. The van der Waals surface area contributed by atoms with E-state index in [1.165, 1.54) is 6.92 Å². The van der Waals surface area contributed by atoms with Crippen LogP contribution in [0.1, 0.15) is 24.6 Å². The monoisotopic (exact) mass is 370 g/mol. The molecule has 142 valence electrons. The number of benzene rings is 1. The van der Waals surface area contributed by atoms with Gasteiger partial charge in [0.1, 0.15) is 25.6 Å². The number of carbonyl (C=O) groups is 2. The number of amides is 1. The first-order valence-electron chi connectivity index (χ1n) is 8.80. The summed E-state index contributed by atoms with van der Waals surface area (Å²) in [4.78, 5) is 28.8. The summed E-state index contributed by atoms with van der Waals surface area (Å²) in [6.45, 7) is 2.80. The second-order valence-electron chi connectivity index (χ2n) is 6.25. The molecule has 0 bridgehead atoms. The topological polar surface area (TPSA) is 78.0 Å². The fourth-order valence-corrected chi connectivity index (χ4v) is 2.61. The molecule has 1 atom stereocenters. The fourth-order valence-electron chi connectivity index (χ4n) is 2.61. The summed E-state index contributed by atoms with van der Waals surface area (Å²) in [5.41, 5.74) is 1.60. The Hall–Kier alpha value is -3.09. The molecule has 1 aliphatic rings. The average Bonchev–Trinajstić information content (AvgIpc) is 2.66. The van der Waals surface area contributed by atoms with E-state index in [4.69, 9.17) is 14.2 Å². The van der Waals surface area contributed by atoms with E-state index in [1.54, 1.807) is 23.2 Å². The van der Waals surface area contributed by atoms with Crippen LogP contribution >= 0.6 is 0 Å². The maximum absolute atomic E-state index is 12.2. The molecule has 0 radical (unpaired) electrons. The van der Waals surface area contributed by atoms with Crippen LogP contribution in [-0.4, -0.2) is 41.1 Å². The number of aromatic nitrogens is 1. The van der Waals surface area contributed by atoms with Gasteiger partial charge in [-0.25, -0.2) is 4.79 Å². The molecule has 0 N–H and O–H groups in total. The SMILES string of the molecule is CC(=O)OCc1ccc(OCC2CCN2C(=O)OCc2ccccc2)cn1. The largest absolute Gasteiger partial charge is 0.490 e. The lowest BCUT2D eigenvalue weighted by atomic mass is 10.1. The lowest BCUT2D eigenvalue weighted by molar-refractivity contribution is -0.142. The number of ether oxygens (including phenoxy) is 3. The summed E-state index contributed by atoms with van der Waals surface area (Å²) >= 11 is 0. The number of nitrogens with zero attached hydrogens (tertiary/aromatic N) is 2. The van der Waals surface area contributed by atoms with Gasteiger partial charge in [0.05, 0.1) is 17.9 Å². The molecule has 2 aromatic rings. The second-order valence-corrected chi connectivity index (χ2v) is 6.25. The highest BCUT2D eigenvalue weighted by atomic mass is 16.6.